The van der Waals surface area contributed by atoms with Gasteiger partial charge in [0.15, 0.2) is 5.76 Å². The second-order valence-corrected chi connectivity index (χ2v) is 5.75. The molecule has 0 spiro atoms. The van der Waals surface area contributed by atoms with Crippen molar-refractivity contribution < 1.29 is 9.21 Å². The maximum atomic E-state index is 12.8. The normalized spacial score (nSPS) is 12.9. The highest BCUT2D eigenvalue weighted by molar-refractivity contribution is 5.99. The van der Waals surface area contributed by atoms with Gasteiger partial charge in [0.1, 0.15) is 5.58 Å². The summed E-state index contributed by atoms with van der Waals surface area (Å²) in [4.78, 5) is 16.8. The zero-order chi connectivity index (χ0) is 15.6. The number of benzene rings is 1. The largest absolute Gasteiger partial charge is 0.451 e. The lowest BCUT2D eigenvalue weighted by molar-refractivity contribution is 0.0648. The van der Waals surface area contributed by atoms with Crippen molar-refractivity contribution in [3.05, 3.63) is 35.6 Å². The average molecular weight is 288 g/mol. The Morgan fingerprint density at radius 2 is 1.95 bits per heavy atom. The molecule has 0 radical (unpaired) electrons. The molecule has 0 bridgehead atoms. The number of carbonyl (C=O) groups is 1. The van der Waals surface area contributed by atoms with E-state index < -0.39 is 0 Å². The van der Waals surface area contributed by atoms with Crippen LogP contribution in [0.1, 0.15) is 30.0 Å². The fourth-order valence-corrected chi connectivity index (χ4v) is 2.79. The third-order valence-corrected chi connectivity index (χ3v) is 3.80. The van der Waals surface area contributed by atoms with E-state index >= 15 is 0 Å². The van der Waals surface area contributed by atoms with Crippen molar-refractivity contribution in [3.63, 3.8) is 0 Å². The van der Waals surface area contributed by atoms with Gasteiger partial charge in [-0.2, -0.15) is 0 Å². The average Bonchev–Trinajstić information content (AvgIpc) is 2.76. The van der Waals surface area contributed by atoms with Gasteiger partial charge in [-0.25, -0.2) is 0 Å². The molecule has 0 saturated heterocycles. The molecule has 0 aliphatic rings. The highest BCUT2D eigenvalue weighted by Gasteiger charge is 2.25. The van der Waals surface area contributed by atoms with Crippen molar-refractivity contribution in [1.29, 1.82) is 0 Å². The second kappa shape index (κ2) is 6.31. The van der Waals surface area contributed by atoms with Gasteiger partial charge < -0.3 is 14.2 Å². The number of rotatable bonds is 5. The number of nitrogens with zero attached hydrogens (tertiary/aromatic N) is 2. The van der Waals surface area contributed by atoms with Gasteiger partial charge in [-0.15, -0.1) is 0 Å². The van der Waals surface area contributed by atoms with E-state index in [1.807, 2.05) is 57.1 Å². The highest BCUT2D eigenvalue weighted by Crippen LogP contribution is 2.26. The second-order valence-electron chi connectivity index (χ2n) is 5.75. The van der Waals surface area contributed by atoms with Crippen LogP contribution in [0.25, 0.3) is 11.0 Å². The first-order chi connectivity index (χ1) is 9.95. The molecular formula is C17H24N2O2. The van der Waals surface area contributed by atoms with Crippen LogP contribution in [0.3, 0.4) is 0 Å². The molecule has 1 aromatic heterocycles. The number of para-hydroxylation sites is 1. The van der Waals surface area contributed by atoms with Crippen molar-refractivity contribution in [1.82, 2.24) is 9.80 Å². The molecule has 4 heteroatoms. The lowest BCUT2D eigenvalue weighted by Crippen LogP contribution is -2.43. The summed E-state index contributed by atoms with van der Waals surface area (Å²) in [5, 5.41) is 1.01. The van der Waals surface area contributed by atoms with Crippen LogP contribution >= 0.6 is 0 Å². The minimum absolute atomic E-state index is 0.0273. The zero-order valence-electron chi connectivity index (χ0n) is 13.5. The Balaban J connectivity index is 2.33. The van der Waals surface area contributed by atoms with E-state index in [4.69, 9.17) is 4.42 Å². The molecule has 1 amide bonds. The Morgan fingerprint density at radius 1 is 1.29 bits per heavy atom. The number of likely N-dealkylation sites (N-methyl/N-ethyl adjacent to an activating group) is 2. The standard InChI is InChI=1S/C17H24N2O2/c1-6-19(12(2)11-18(4)5)17(20)16-13(3)14-9-7-8-10-15(14)21-16/h7-10,12H,6,11H2,1-5H3/t12-/m1/s1. The van der Waals surface area contributed by atoms with Crippen molar-refractivity contribution in [2.45, 2.75) is 26.8 Å². The summed E-state index contributed by atoms with van der Waals surface area (Å²) in [5.74, 6) is 0.434. The summed E-state index contributed by atoms with van der Waals surface area (Å²) in [6.07, 6.45) is 0. The number of hydrogen-bond donors (Lipinski definition) is 0. The monoisotopic (exact) mass is 288 g/mol. The minimum Gasteiger partial charge on any atom is -0.451 e. The molecule has 4 nitrogen and oxygen atoms in total. The molecule has 0 aliphatic carbocycles. The van der Waals surface area contributed by atoms with Gasteiger partial charge in [-0.3, -0.25) is 4.79 Å². The fraction of sp³-hybridized carbons (Fsp3) is 0.471. The summed E-state index contributed by atoms with van der Waals surface area (Å²) >= 11 is 0. The van der Waals surface area contributed by atoms with E-state index in [1.54, 1.807) is 0 Å². The molecule has 0 aliphatic heterocycles. The van der Waals surface area contributed by atoms with Crippen molar-refractivity contribution >= 4 is 16.9 Å². The maximum absolute atomic E-state index is 12.8. The molecule has 0 unspecified atom stereocenters. The van der Waals surface area contributed by atoms with Crippen LogP contribution in [-0.4, -0.2) is 48.9 Å². The van der Waals surface area contributed by atoms with E-state index in [9.17, 15) is 4.79 Å². The number of furan rings is 1. The summed E-state index contributed by atoms with van der Waals surface area (Å²) < 4.78 is 5.79. The SMILES string of the molecule is CCN(C(=O)c1oc2ccccc2c1C)[C@H](C)CN(C)C. The van der Waals surface area contributed by atoms with Gasteiger partial charge in [-0.1, -0.05) is 18.2 Å². The van der Waals surface area contributed by atoms with E-state index in [0.29, 0.717) is 12.3 Å². The topological polar surface area (TPSA) is 36.7 Å². The predicted octanol–water partition coefficient (Wildman–Crippen LogP) is 3.15. The minimum atomic E-state index is -0.0273. The molecule has 114 valence electrons. The van der Waals surface area contributed by atoms with Crippen molar-refractivity contribution in [3.8, 4) is 0 Å². The summed E-state index contributed by atoms with van der Waals surface area (Å²) in [5.41, 5.74) is 1.70. The molecule has 1 atom stereocenters. The van der Waals surface area contributed by atoms with E-state index in [1.165, 1.54) is 0 Å². The van der Waals surface area contributed by atoms with Gasteiger partial charge in [0.05, 0.1) is 0 Å². The highest BCUT2D eigenvalue weighted by atomic mass is 16.3. The first-order valence-electron chi connectivity index (χ1n) is 7.39. The zero-order valence-corrected chi connectivity index (χ0v) is 13.5. The number of hydrogen-bond acceptors (Lipinski definition) is 3. The molecular weight excluding hydrogens is 264 g/mol. The number of amides is 1. The van der Waals surface area contributed by atoms with Crippen LogP contribution in [0.5, 0.6) is 0 Å². The first-order valence-corrected chi connectivity index (χ1v) is 7.39. The molecule has 2 aromatic rings. The van der Waals surface area contributed by atoms with Crippen LogP contribution in [0.2, 0.25) is 0 Å². The third-order valence-electron chi connectivity index (χ3n) is 3.80. The molecule has 1 aromatic carbocycles. The lowest BCUT2D eigenvalue weighted by Gasteiger charge is -2.29. The van der Waals surface area contributed by atoms with Crippen LogP contribution in [0.15, 0.2) is 28.7 Å². The summed E-state index contributed by atoms with van der Waals surface area (Å²) in [7, 11) is 4.03. The molecule has 0 saturated carbocycles. The van der Waals surface area contributed by atoms with Gasteiger partial charge >= 0.3 is 0 Å². The summed E-state index contributed by atoms with van der Waals surface area (Å²) in [6.45, 7) is 7.52. The molecule has 0 fully saturated rings. The molecule has 1 heterocycles. The fourth-order valence-electron chi connectivity index (χ4n) is 2.79. The molecule has 2 rings (SSSR count). The van der Waals surface area contributed by atoms with E-state index in [2.05, 4.69) is 11.8 Å². The van der Waals surface area contributed by atoms with Gasteiger partial charge in [0.25, 0.3) is 5.91 Å². The first kappa shape index (κ1) is 15.6. The van der Waals surface area contributed by atoms with Crippen LogP contribution in [-0.2, 0) is 0 Å². The Kier molecular flexibility index (Phi) is 4.68. The quantitative estimate of drug-likeness (QED) is 0.848. The van der Waals surface area contributed by atoms with Crippen molar-refractivity contribution in [2.24, 2.45) is 0 Å². The lowest BCUT2D eigenvalue weighted by atomic mass is 10.1. The van der Waals surface area contributed by atoms with Crippen molar-refractivity contribution in [2.75, 3.05) is 27.2 Å². The van der Waals surface area contributed by atoms with Crippen LogP contribution in [0.4, 0.5) is 0 Å². The molecule has 21 heavy (non-hydrogen) atoms. The number of aryl methyl sites for hydroxylation is 1. The maximum Gasteiger partial charge on any atom is 0.290 e. The Morgan fingerprint density at radius 3 is 2.52 bits per heavy atom. The van der Waals surface area contributed by atoms with Crippen LogP contribution in [0, 0.1) is 6.92 Å². The van der Waals surface area contributed by atoms with Gasteiger partial charge in [0, 0.05) is 30.1 Å². The Hall–Kier alpha value is -1.81. The van der Waals surface area contributed by atoms with E-state index in [0.717, 1.165) is 23.1 Å². The smallest absolute Gasteiger partial charge is 0.290 e. The Labute approximate surface area is 126 Å². The summed E-state index contributed by atoms with van der Waals surface area (Å²) in [6, 6.07) is 7.92. The third kappa shape index (κ3) is 3.10. The Bertz CT molecular complexity index is 631. The van der Waals surface area contributed by atoms with Gasteiger partial charge in [0.2, 0.25) is 0 Å². The van der Waals surface area contributed by atoms with E-state index in [-0.39, 0.29) is 11.9 Å². The van der Waals surface area contributed by atoms with Gasteiger partial charge in [-0.05, 0) is 40.9 Å². The molecule has 0 N–H and O–H groups in total. The van der Waals surface area contributed by atoms with Crippen LogP contribution < -0.4 is 0 Å². The number of fused-ring (bicyclic) bond motifs is 1. The predicted molar refractivity (Wildman–Crippen MR) is 85.7 cm³/mol. The number of carbonyl (C=O) groups excluding carboxylic acids is 1.